The average molecular weight is 364 g/mol. The molecule has 3 N–H and O–H groups in total. The molecule has 0 saturated carbocycles. The maximum absolute atomic E-state index is 12.6. The first-order valence-corrected chi connectivity index (χ1v) is 7.98. The van der Waals surface area contributed by atoms with Crippen LogP contribution in [0.2, 0.25) is 0 Å². The van der Waals surface area contributed by atoms with Gasteiger partial charge < -0.3 is 16.0 Å². The van der Waals surface area contributed by atoms with Crippen molar-refractivity contribution in [3.05, 3.63) is 42.4 Å². The minimum Gasteiger partial charge on any atom is -0.366 e. The Morgan fingerprint density at radius 2 is 1.88 bits per heavy atom. The van der Waals surface area contributed by atoms with Crippen LogP contribution in [-0.4, -0.2) is 52.6 Å². The van der Waals surface area contributed by atoms with Gasteiger partial charge in [0.25, 0.3) is 0 Å². The van der Waals surface area contributed by atoms with Gasteiger partial charge in [0.1, 0.15) is 6.33 Å². The number of primary amides is 1. The van der Waals surface area contributed by atoms with Crippen LogP contribution in [0.1, 0.15) is 23.2 Å². The first-order chi connectivity index (χ1) is 11.6. The molecule has 0 spiro atoms. The Kier molecular flexibility index (Phi) is 6.17. The normalized spacial score (nSPS) is 14.6. The first kappa shape index (κ1) is 19.0. The van der Waals surface area contributed by atoms with Crippen molar-refractivity contribution in [2.75, 3.05) is 20.1 Å². The molecule has 1 saturated heterocycles. The molecule has 0 aliphatic carbocycles. The molecule has 1 aliphatic rings. The third kappa shape index (κ3) is 4.18. The molecular weight excluding hydrogens is 342 g/mol. The van der Waals surface area contributed by atoms with Crippen molar-refractivity contribution in [2.45, 2.75) is 18.9 Å². The molecule has 2 heterocycles. The predicted molar refractivity (Wildman–Crippen MR) is 97.9 cm³/mol. The molecule has 1 aromatic heterocycles. The number of halogens is 1. The zero-order valence-electron chi connectivity index (χ0n) is 14.0. The van der Waals surface area contributed by atoms with Crippen molar-refractivity contribution in [2.24, 2.45) is 5.73 Å². The Balaban J connectivity index is 0.00000225. The maximum Gasteiger partial charge on any atom is 0.329 e. The Morgan fingerprint density at radius 3 is 2.48 bits per heavy atom. The smallest absolute Gasteiger partial charge is 0.329 e. The van der Waals surface area contributed by atoms with Crippen LogP contribution < -0.4 is 11.1 Å². The van der Waals surface area contributed by atoms with Crippen molar-refractivity contribution >= 4 is 24.3 Å². The number of benzene rings is 1. The quantitative estimate of drug-likeness (QED) is 0.868. The Bertz CT molecular complexity index is 738. The summed E-state index contributed by atoms with van der Waals surface area (Å²) in [7, 11) is 1.83. The van der Waals surface area contributed by atoms with Crippen LogP contribution in [0.3, 0.4) is 0 Å². The lowest BCUT2D eigenvalue weighted by Crippen LogP contribution is -2.45. The highest BCUT2D eigenvalue weighted by Gasteiger charge is 2.23. The molecule has 8 heteroatoms. The van der Waals surface area contributed by atoms with Crippen LogP contribution in [-0.2, 0) is 0 Å². The van der Waals surface area contributed by atoms with Crippen LogP contribution in [0.5, 0.6) is 0 Å². The van der Waals surface area contributed by atoms with Gasteiger partial charge in [-0.05, 0) is 38.1 Å². The van der Waals surface area contributed by atoms with E-state index in [1.807, 2.05) is 7.05 Å². The first-order valence-electron chi connectivity index (χ1n) is 7.98. The van der Waals surface area contributed by atoms with Crippen molar-refractivity contribution in [1.82, 2.24) is 19.8 Å². The number of amides is 2. The van der Waals surface area contributed by atoms with E-state index in [1.54, 1.807) is 35.4 Å². The van der Waals surface area contributed by atoms with E-state index in [0.29, 0.717) is 11.3 Å². The number of imidazole rings is 1. The third-order valence-corrected chi connectivity index (χ3v) is 4.43. The minimum atomic E-state index is -0.467. The van der Waals surface area contributed by atoms with Gasteiger partial charge in [0.05, 0.1) is 5.69 Å². The molecule has 3 rings (SSSR count). The van der Waals surface area contributed by atoms with E-state index in [2.05, 4.69) is 10.3 Å². The van der Waals surface area contributed by atoms with Gasteiger partial charge >= 0.3 is 6.03 Å². The molecule has 134 valence electrons. The maximum atomic E-state index is 12.6. The van der Waals surface area contributed by atoms with Gasteiger partial charge in [0.2, 0.25) is 5.91 Å². The van der Waals surface area contributed by atoms with Crippen LogP contribution in [0.15, 0.2) is 36.8 Å². The van der Waals surface area contributed by atoms with Gasteiger partial charge in [0, 0.05) is 30.4 Å². The van der Waals surface area contributed by atoms with Crippen LogP contribution in [0, 0.1) is 0 Å². The lowest BCUT2D eigenvalue weighted by molar-refractivity contribution is 0.1000. The van der Waals surface area contributed by atoms with Gasteiger partial charge in [-0.3, -0.25) is 9.36 Å². The summed E-state index contributed by atoms with van der Waals surface area (Å²) in [5.41, 5.74) is 7.19. The lowest BCUT2D eigenvalue weighted by atomic mass is 10.1. The summed E-state index contributed by atoms with van der Waals surface area (Å²) in [5.74, 6) is -0.467. The molecule has 25 heavy (non-hydrogen) atoms. The second-order valence-corrected chi connectivity index (χ2v) is 5.98. The second kappa shape index (κ2) is 8.13. The molecule has 2 aromatic rings. The number of nitrogens with zero attached hydrogens (tertiary/aromatic N) is 3. The van der Waals surface area contributed by atoms with Gasteiger partial charge in [0.15, 0.2) is 0 Å². The topological polar surface area (TPSA) is 93.2 Å². The zero-order chi connectivity index (χ0) is 17.1. The summed E-state index contributed by atoms with van der Waals surface area (Å²) >= 11 is 0. The van der Waals surface area contributed by atoms with E-state index < -0.39 is 5.91 Å². The molecular formula is C17H22ClN5O2. The van der Waals surface area contributed by atoms with E-state index in [0.717, 1.165) is 31.5 Å². The number of piperidine rings is 1. The number of aromatic nitrogens is 2. The largest absolute Gasteiger partial charge is 0.366 e. The number of hydrogen-bond donors (Lipinski definition) is 2. The molecule has 0 atom stereocenters. The van der Waals surface area contributed by atoms with Crippen LogP contribution >= 0.6 is 12.4 Å². The molecule has 1 aliphatic heterocycles. The van der Waals surface area contributed by atoms with Gasteiger partial charge in [-0.25, -0.2) is 9.78 Å². The monoisotopic (exact) mass is 363 g/mol. The van der Waals surface area contributed by atoms with Gasteiger partial charge in [-0.2, -0.15) is 0 Å². The van der Waals surface area contributed by atoms with Crippen LogP contribution in [0.25, 0.3) is 11.3 Å². The van der Waals surface area contributed by atoms with Crippen molar-refractivity contribution < 1.29 is 9.59 Å². The Labute approximate surface area is 152 Å². The zero-order valence-corrected chi connectivity index (χ0v) is 14.8. The van der Waals surface area contributed by atoms with Crippen molar-refractivity contribution in [1.29, 1.82) is 0 Å². The number of rotatable bonds is 3. The second-order valence-electron chi connectivity index (χ2n) is 5.98. The highest BCUT2D eigenvalue weighted by Crippen LogP contribution is 2.19. The molecule has 7 nitrogen and oxygen atoms in total. The highest BCUT2D eigenvalue weighted by atomic mass is 35.5. The number of nitrogens with two attached hydrogens (primary N) is 1. The Morgan fingerprint density at radius 1 is 1.24 bits per heavy atom. The summed E-state index contributed by atoms with van der Waals surface area (Å²) in [6.07, 6.45) is 5.15. The van der Waals surface area contributed by atoms with E-state index in [-0.39, 0.29) is 24.5 Å². The number of nitrogens with one attached hydrogen (secondary N) is 1. The fraction of sp³-hybridized carbons (Fsp3) is 0.353. The SMILES string of the molecule is CN(C(=O)n1cnc(-c2ccc(C(N)=O)cc2)c1)C1CCNCC1.Cl. The molecule has 1 fully saturated rings. The van der Waals surface area contributed by atoms with Crippen molar-refractivity contribution in [3.8, 4) is 11.3 Å². The fourth-order valence-electron chi connectivity index (χ4n) is 2.91. The predicted octanol–water partition coefficient (Wildman–Crippen LogP) is 1.72. The van der Waals surface area contributed by atoms with E-state index in [1.165, 1.54) is 10.9 Å². The average Bonchev–Trinajstić information content (AvgIpc) is 3.11. The number of hydrogen-bond acceptors (Lipinski definition) is 4. The third-order valence-electron chi connectivity index (χ3n) is 4.43. The molecule has 0 unspecified atom stereocenters. The lowest BCUT2D eigenvalue weighted by Gasteiger charge is -2.31. The Hall–Kier alpha value is -2.38. The van der Waals surface area contributed by atoms with Crippen molar-refractivity contribution in [3.63, 3.8) is 0 Å². The number of carbonyl (C=O) groups is 2. The van der Waals surface area contributed by atoms with Gasteiger partial charge in [-0.15, -0.1) is 12.4 Å². The summed E-state index contributed by atoms with van der Waals surface area (Å²) in [6, 6.07) is 7.01. The van der Waals surface area contributed by atoms with Crippen LogP contribution in [0.4, 0.5) is 4.79 Å². The highest BCUT2D eigenvalue weighted by molar-refractivity contribution is 5.93. The summed E-state index contributed by atoms with van der Waals surface area (Å²) in [5, 5.41) is 3.30. The fourth-order valence-corrected chi connectivity index (χ4v) is 2.91. The van der Waals surface area contributed by atoms with E-state index in [4.69, 9.17) is 5.73 Å². The minimum absolute atomic E-state index is 0. The molecule has 1 aromatic carbocycles. The summed E-state index contributed by atoms with van der Waals surface area (Å²) in [4.78, 5) is 29.8. The molecule has 0 radical (unpaired) electrons. The number of carbonyl (C=O) groups excluding carboxylic acids is 2. The standard InChI is InChI=1S/C17H21N5O2.ClH/c1-21(14-6-8-19-9-7-14)17(24)22-10-15(20-11-22)12-2-4-13(5-3-12)16(18)23;/h2-5,10-11,14,19H,6-9H2,1H3,(H2,18,23);1H. The molecule has 2 amide bonds. The molecule has 0 bridgehead atoms. The summed E-state index contributed by atoms with van der Waals surface area (Å²) in [6.45, 7) is 1.87. The van der Waals surface area contributed by atoms with E-state index in [9.17, 15) is 9.59 Å². The summed E-state index contributed by atoms with van der Waals surface area (Å²) < 4.78 is 1.50. The van der Waals surface area contributed by atoms with E-state index >= 15 is 0 Å². The van der Waals surface area contributed by atoms with Gasteiger partial charge in [-0.1, -0.05) is 12.1 Å².